The molecule has 0 aliphatic rings. The van der Waals surface area contributed by atoms with Gasteiger partial charge in [0.15, 0.2) is 8.32 Å². The smallest absolute Gasteiger partial charge is 0.366 e. The van der Waals surface area contributed by atoms with Gasteiger partial charge in [0.25, 0.3) is 0 Å². The van der Waals surface area contributed by atoms with Crippen molar-refractivity contribution in [3.63, 3.8) is 0 Å². The van der Waals surface area contributed by atoms with Crippen LogP contribution in [0.25, 0.3) is 0 Å². The van der Waals surface area contributed by atoms with Crippen molar-refractivity contribution in [2.45, 2.75) is 51.9 Å². The molecule has 0 saturated carbocycles. The molecule has 0 N–H and O–H groups in total. The topological polar surface area (TPSA) is 35.5 Å². The van der Waals surface area contributed by atoms with Gasteiger partial charge in [-0.15, -0.1) is 0 Å². The van der Waals surface area contributed by atoms with E-state index in [1.165, 1.54) is 6.08 Å². The molecule has 3 nitrogen and oxygen atoms in total. The first-order valence-corrected chi connectivity index (χ1v) is 10.8. The van der Waals surface area contributed by atoms with Crippen molar-refractivity contribution in [3.05, 3.63) is 47.8 Å². The Morgan fingerprint density at radius 3 is 2.30 bits per heavy atom. The van der Waals surface area contributed by atoms with E-state index in [-0.39, 0.29) is 11.6 Å². The fourth-order valence-corrected chi connectivity index (χ4v) is 2.93. The molecule has 23 heavy (non-hydrogen) atoms. The zero-order valence-corrected chi connectivity index (χ0v) is 15.9. The van der Waals surface area contributed by atoms with Crippen LogP contribution >= 0.6 is 0 Å². The van der Waals surface area contributed by atoms with E-state index in [9.17, 15) is 9.18 Å². The lowest BCUT2D eigenvalue weighted by Gasteiger charge is -2.38. The average molecular weight is 338 g/mol. The first-order chi connectivity index (χ1) is 10.6. The van der Waals surface area contributed by atoms with Crippen molar-refractivity contribution in [1.82, 2.24) is 0 Å². The molecule has 0 amide bonds. The summed E-state index contributed by atoms with van der Waals surface area (Å²) in [6.07, 6.45) is 0.606. The van der Waals surface area contributed by atoms with Crippen LogP contribution in [0.5, 0.6) is 0 Å². The fourth-order valence-electron chi connectivity index (χ4n) is 1.74. The number of hydrogen-bond acceptors (Lipinski definition) is 3. The zero-order valence-electron chi connectivity index (χ0n) is 14.9. The summed E-state index contributed by atoms with van der Waals surface area (Å²) in [6, 6.07) is 9.36. The Hall–Kier alpha value is -1.46. The number of halogens is 1. The molecule has 128 valence electrons. The number of carbonyl (C=O) groups excluding carboxylic acids is 1. The molecule has 1 atom stereocenters. The molecule has 0 aliphatic carbocycles. The van der Waals surface area contributed by atoms with Crippen molar-refractivity contribution in [3.8, 4) is 0 Å². The maximum atomic E-state index is 14.1. The van der Waals surface area contributed by atoms with Crippen LogP contribution in [-0.2, 0) is 14.0 Å². The van der Waals surface area contributed by atoms with Crippen LogP contribution in [0.2, 0.25) is 18.1 Å². The molecule has 1 aromatic carbocycles. The van der Waals surface area contributed by atoms with Gasteiger partial charge >= 0.3 is 5.97 Å². The average Bonchev–Trinajstić information content (AvgIpc) is 2.46. The third-order valence-electron chi connectivity index (χ3n) is 4.12. The SMILES string of the molecule is CCOC(=O)/C(F)=C\C(O[Si](C)(C)C(C)(C)C)c1ccccc1. The van der Waals surface area contributed by atoms with Gasteiger partial charge in [0.2, 0.25) is 5.83 Å². The van der Waals surface area contributed by atoms with E-state index in [0.29, 0.717) is 0 Å². The van der Waals surface area contributed by atoms with E-state index in [4.69, 9.17) is 9.16 Å². The second-order valence-electron chi connectivity index (χ2n) is 6.94. The summed E-state index contributed by atoms with van der Waals surface area (Å²) in [5, 5.41) is -0.0196. The van der Waals surface area contributed by atoms with Gasteiger partial charge in [-0.25, -0.2) is 4.79 Å². The number of hydrogen-bond donors (Lipinski definition) is 0. The normalized spacial score (nSPS) is 14.5. The summed E-state index contributed by atoms with van der Waals surface area (Å²) in [4.78, 5) is 11.6. The predicted molar refractivity (Wildman–Crippen MR) is 93.3 cm³/mol. The quantitative estimate of drug-likeness (QED) is 0.408. The Kier molecular flexibility index (Phi) is 6.71. The van der Waals surface area contributed by atoms with Crippen LogP contribution in [0.3, 0.4) is 0 Å². The molecule has 5 heteroatoms. The lowest BCUT2D eigenvalue weighted by molar-refractivity contribution is -0.140. The standard InChI is InChI=1S/C18H27FO3Si/c1-7-21-17(20)15(19)13-16(14-11-9-8-10-12-14)22-23(5,6)18(2,3)4/h8-13,16H,7H2,1-6H3/b15-13+. The van der Waals surface area contributed by atoms with Gasteiger partial charge in [-0.2, -0.15) is 4.39 Å². The van der Waals surface area contributed by atoms with Crippen LogP contribution in [0.15, 0.2) is 42.2 Å². The van der Waals surface area contributed by atoms with Crippen molar-refractivity contribution < 1.29 is 18.3 Å². The fraction of sp³-hybridized carbons (Fsp3) is 0.500. The summed E-state index contributed by atoms with van der Waals surface area (Å²) in [7, 11) is -2.13. The first kappa shape index (κ1) is 19.6. The minimum absolute atomic E-state index is 0.0196. The lowest BCUT2D eigenvalue weighted by Crippen LogP contribution is -2.41. The van der Waals surface area contributed by atoms with Gasteiger partial charge in [-0.3, -0.25) is 0 Å². The molecular weight excluding hydrogens is 311 g/mol. The third kappa shape index (κ3) is 5.59. The van der Waals surface area contributed by atoms with Crippen LogP contribution < -0.4 is 0 Å². The minimum atomic E-state index is -2.13. The molecule has 0 aromatic heterocycles. The zero-order chi connectivity index (χ0) is 17.7. The maximum Gasteiger partial charge on any atom is 0.366 e. The summed E-state index contributed by atoms with van der Waals surface area (Å²) >= 11 is 0. The summed E-state index contributed by atoms with van der Waals surface area (Å²) < 4.78 is 25.1. The van der Waals surface area contributed by atoms with Crippen LogP contribution in [0.1, 0.15) is 39.4 Å². The Bertz CT molecular complexity index is 547. The van der Waals surface area contributed by atoms with Gasteiger partial charge in [0.05, 0.1) is 12.7 Å². The van der Waals surface area contributed by atoms with Gasteiger partial charge in [0.1, 0.15) is 0 Å². The Balaban J connectivity index is 3.14. The molecule has 0 aliphatic heterocycles. The molecule has 1 aromatic rings. The summed E-state index contributed by atoms with van der Waals surface area (Å²) in [5.41, 5.74) is 0.816. The highest BCUT2D eigenvalue weighted by molar-refractivity contribution is 6.74. The molecule has 0 spiro atoms. The largest absolute Gasteiger partial charge is 0.461 e. The van der Waals surface area contributed by atoms with Gasteiger partial charge in [-0.05, 0) is 36.7 Å². The molecule has 1 unspecified atom stereocenters. The van der Waals surface area contributed by atoms with Gasteiger partial charge < -0.3 is 9.16 Å². The Morgan fingerprint density at radius 2 is 1.83 bits per heavy atom. The van der Waals surface area contributed by atoms with Crippen molar-refractivity contribution >= 4 is 14.3 Å². The number of rotatable bonds is 6. The van der Waals surface area contributed by atoms with Gasteiger partial charge in [-0.1, -0.05) is 51.1 Å². The van der Waals surface area contributed by atoms with E-state index >= 15 is 0 Å². The predicted octanol–water partition coefficient (Wildman–Crippen LogP) is 5.17. The maximum absolute atomic E-state index is 14.1. The number of esters is 1. The lowest BCUT2D eigenvalue weighted by atomic mass is 10.1. The van der Waals surface area contributed by atoms with Crippen molar-refractivity contribution in [2.75, 3.05) is 6.61 Å². The Labute approximate surface area is 139 Å². The van der Waals surface area contributed by atoms with Gasteiger partial charge in [0, 0.05) is 0 Å². The Morgan fingerprint density at radius 1 is 1.26 bits per heavy atom. The number of carbonyl (C=O) groups is 1. The highest BCUT2D eigenvalue weighted by atomic mass is 28.4. The molecule has 0 radical (unpaired) electrons. The molecule has 0 bridgehead atoms. The third-order valence-corrected chi connectivity index (χ3v) is 8.58. The summed E-state index contributed by atoms with van der Waals surface area (Å²) in [5.74, 6) is -1.87. The minimum Gasteiger partial charge on any atom is -0.461 e. The number of benzene rings is 1. The molecule has 0 heterocycles. The monoisotopic (exact) mass is 338 g/mol. The summed E-state index contributed by atoms with van der Waals surface area (Å²) in [6.45, 7) is 12.3. The first-order valence-electron chi connectivity index (χ1n) is 7.85. The van der Waals surface area contributed by atoms with Crippen LogP contribution in [-0.4, -0.2) is 20.9 Å². The highest BCUT2D eigenvalue weighted by Gasteiger charge is 2.39. The second kappa shape index (κ2) is 7.88. The van der Waals surface area contributed by atoms with Crippen LogP contribution in [0.4, 0.5) is 4.39 Å². The van der Waals surface area contributed by atoms with E-state index in [2.05, 4.69) is 33.9 Å². The molecule has 0 saturated heterocycles. The molecule has 0 fully saturated rings. The molecular formula is C18H27FO3Si. The van der Waals surface area contributed by atoms with E-state index in [0.717, 1.165) is 5.56 Å². The van der Waals surface area contributed by atoms with E-state index in [1.54, 1.807) is 6.92 Å². The second-order valence-corrected chi connectivity index (χ2v) is 11.7. The van der Waals surface area contributed by atoms with Crippen LogP contribution in [0, 0.1) is 0 Å². The van der Waals surface area contributed by atoms with Crippen molar-refractivity contribution in [2.24, 2.45) is 0 Å². The number of ether oxygens (including phenoxy) is 1. The highest BCUT2D eigenvalue weighted by Crippen LogP contribution is 2.40. The van der Waals surface area contributed by atoms with Crippen molar-refractivity contribution in [1.29, 1.82) is 0 Å². The van der Waals surface area contributed by atoms with E-state index < -0.39 is 26.2 Å². The molecule has 1 rings (SSSR count). The van der Waals surface area contributed by atoms with E-state index in [1.807, 2.05) is 30.3 Å².